The quantitative estimate of drug-likeness (QED) is 0.907. The molecule has 0 heterocycles. The van der Waals surface area contributed by atoms with Crippen molar-refractivity contribution in [3.63, 3.8) is 0 Å². The van der Waals surface area contributed by atoms with Crippen molar-refractivity contribution in [1.82, 2.24) is 0 Å². The predicted octanol–water partition coefficient (Wildman–Crippen LogP) is 3.72. The third-order valence-electron chi connectivity index (χ3n) is 2.68. The zero-order chi connectivity index (χ0) is 13.8. The highest BCUT2D eigenvalue weighted by Gasteiger charge is 2.04. The van der Waals surface area contributed by atoms with E-state index in [0.29, 0.717) is 0 Å². The minimum atomic E-state index is 0.00557. The van der Waals surface area contributed by atoms with Crippen LogP contribution in [0.1, 0.15) is 19.4 Å². The Labute approximate surface area is 112 Å². The van der Waals surface area contributed by atoms with Crippen molar-refractivity contribution < 1.29 is 9.84 Å². The van der Waals surface area contributed by atoms with Crippen LogP contribution in [0.5, 0.6) is 11.5 Å². The molecule has 96 valence electrons. The first kappa shape index (κ1) is 13.0. The van der Waals surface area contributed by atoms with Crippen LogP contribution in [-0.4, -0.2) is 11.2 Å². The molecule has 0 bridgehead atoms. The second kappa shape index (κ2) is 5.45. The molecule has 2 aromatic rings. The maximum atomic E-state index is 9.48. The van der Waals surface area contributed by atoms with Crippen molar-refractivity contribution in [3.05, 3.63) is 48.0 Å². The monoisotopic (exact) mass is 253 g/mol. The van der Waals surface area contributed by atoms with Gasteiger partial charge in [-0.25, -0.2) is 0 Å². The van der Waals surface area contributed by atoms with Crippen LogP contribution < -0.4 is 4.74 Å². The maximum Gasteiger partial charge on any atom is 0.133 e. The van der Waals surface area contributed by atoms with Crippen LogP contribution >= 0.6 is 0 Å². The Balaban J connectivity index is 2.30. The highest BCUT2D eigenvalue weighted by atomic mass is 16.5. The molecule has 0 aliphatic heterocycles. The number of benzene rings is 2. The summed E-state index contributed by atoms with van der Waals surface area (Å²) in [7, 11) is 0. The molecule has 0 atom stereocenters. The van der Waals surface area contributed by atoms with Gasteiger partial charge < -0.3 is 9.84 Å². The molecule has 3 nitrogen and oxygen atoms in total. The van der Waals surface area contributed by atoms with Gasteiger partial charge in [-0.3, -0.25) is 0 Å². The summed E-state index contributed by atoms with van der Waals surface area (Å²) in [5.74, 6) is 0.823. The lowest BCUT2D eigenvalue weighted by Gasteiger charge is -2.10. The van der Waals surface area contributed by atoms with Gasteiger partial charge in [0.05, 0.1) is 11.7 Å². The lowest BCUT2D eigenvalue weighted by Crippen LogP contribution is -2.05. The summed E-state index contributed by atoms with van der Waals surface area (Å²) in [5.41, 5.74) is 2.15. The van der Waals surface area contributed by atoms with E-state index in [-0.39, 0.29) is 17.4 Å². The van der Waals surface area contributed by atoms with E-state index >= 15 is 0 Å². The fourth-order valence-corrected chi connectivity index (χ4v) is 1.80. The number of rotatable bonds is 3. The minimum absolute atomic E-state index is 0.00557. The van der Waals surface area contributed by atoms with E-state index in [4.69, 9.17) is 10.00 Å². The molecule has 0 saturated carbocycles. The Morgan fingerprint density at radius 2 is 1.68 bits per heavy atom. The van der Waals surface area contributed by atoms with Crippen molar-refractivity contribution in [2.24, 2.45) is 0 Å². The molecule has 0 radical (unpaired) electrons. The van der Waals surface area contributed by atoms with E-state index < -0.39 is 0 Å². The van der Waals surface area contributed by atoms with Crippen LogP contribution in [-0.2, 0) is 0 Å². The van der Waals surface area contributed by atoms with Crippen LogP contribution in [0.2, 0.25) is 0 Å². The van der Waals surface area contributed by atoms with Gasteiger partial charge in [-0.15, -0.1) is 0 Å². The highest BCUT2D eigenvalue weighted by molar-refractivity contribution is 5.67. The molecule has 19 heavy (non-hydrogen) atoms. The number of hydrogen-bond acceptors (Lipinski definition) is 3. The minimum Gasteiger partial charge on any atom is -0.507 e. The summed E-state index contributed by atoms with van der Waals surface area (Å²) < 4.78 is 5.58. The van der Waals surface area contributed by atoms with Crippen LogP contribution in [0.3, 0.4) is 0 Å². The first-order chi connectivity index (χ1) is 9.10. The van der Waals surface area contributed by atoms with E-state index in [9.17, 15) is 5.11 Å². The first-order valence-electron chi connectivity index (χ1n) is 6.10. The van der Waals surface area contributed by atoms with Gasteiger partial charge in [-0.2, -0.15) is 5.26 Å². The zero-order valence-electron chi connectivity index (χ0n) is 10.9. The average Bonchev–Trinajstić information content (AvgIpc) is 2.40. The summed E-state index contributed by atoms with van der Waals surface area (Å²) >= 11 is 0. The molecule has 0 aliphatic carbocycles. The predicted molar refractivity (Wildman–Crippen MR) is 74.0 cm³/mol. The van der Waals surface area contributed by atoms with E-state index in [1.807, 2.05) is 44.2 Å². The van der Waals surface area contributed by atoms with Crippen molar-refractivity contribution in [3.8, 4) is 28.7 Å². The Bertz CT molecular complexity index is 610. The van der Waals surface area contributed by atoms with Gasteiger partial charge in [0.15, 0.2) is 0 Å². The normalized spacial score (nSPS) is 10.2. The Morgan fingerprint density at radius 1 is 1.05 bits per heavy atom. The lowest BCUT2D eigenvalue weighted by molar-refractivity contribution is 0.242. The molecule has 0 aromatic heterocycles. The summed E-state index contributed by atoms with van der Waals surface area (Å²) in [4.78, 5) is 0. The molecule has 0 unspecified atom stereocenters. The van der Waals surface area contributed by atoms with Gasteiger partial charge in [0.1, 0.15) is 17.6 Å². The van der Waals surface area contributed by atoms with Gasteiger partial charge in [0.2, 0.25) is 0 Å². The van der Waals surface area contributed by atoms with Crippen LogP contribution in [0.15, 0.2) is 42.5 Å². The van der Waals surface area contributed by atoms with Crippen molar-refractivity contribution in [2.45, 2.75) is 20.0 Å². The molecule has 2 rings (SSSR count). The molecule has 0 amide bonds. The smallest absolute Gasteiger partial charge is 0.133 e. The average molecular weight is 253 g/mol. The summed E-state index contributed by atoms with van der Waals surface area (Å²) in [5, 5.41) is 18.4. The second-order valence-electron chi connectivity index (χ2n) is 4.53. The molecule has 1 N–H and O–H groups in total. The van der Waals surface area contributed by atoms with Gasteiger partial charge in [-0.1, -0.05) is 18.2 Å². The summed E-state index contributed by atoms with van der Waals surface area (Å²) in [6.07, 6.45) is 0.143. The number of phenols is 1. The first-order valence-corrected chi connectivity index (χ1v) is 6.10. The third-order valence-corrected chi connectivity index (χ3v) is 2.68. The van der Waals surface area contributed by atoms with E-state index in [1.54, 1.807) is 12.1 Å². The zero-order valence-corrected chi connectivity index (χ0v) is 10.9. The van der Waals surface area contributed by atoms with Gasteiger partial charge in [-0.05, 0) is 49.2 Å². The third kappa shape index (κ3) is 3.05. The Kier molecular flexibility index (Phi) is 3.72. The fourth-order valence-electron chi connectivity index (χ4n) is 1.80. The van der Waals surface area contributed by atoms with E-state index in [1.165, 1.54) is 6.07 Å². The number of phenolic OH excluding ortho intramolecular Hbond substituents is 1. The molecule has 3 heteroatoms. The summed E-state index contributed by atoms with van der Waals surface area (Å²) in [6, 6.07) is 14.6. The van der Waals surface area contributed by atoms with E-state index in [0.717, 1.165) is 16.9 Å². The number of aromatic hydroxyl groups is 1. The SMILES string of the molecule is CC(C)Oc1ccc(-c2ccc(O)c(C#N)c2)cc1. The van der Waals surface area contributed by atoms with Crippen molar-refractivity contribution >= 4 is 0 Å². The molecule has 0 fully saturated rings. The van der Waals surface area contributed by atoms with Gasteiger partial charge >= 0.3 is 0 Å². The molecular formula is C16H15NO2. The number of nitriles is 1. The highest BCUT2D eigenvalue weighted by Crippen LogP contribution is 2.27. The van der Waals surface area contributed by atoms with Crippen LogP contribution in [0.25, 0.3) is 11.1 Å². The molecule has 0 spiro atoms. The topological polar surface area (TPSA) is 53.2 Å². The fraction of sp³-hybridized carbons (Fsp3) is 0.188. The molecule has 2 aromatic carbocycles. The Morgan fingerprint density at radius 3 is 2.26 bits per heavy atom. The second-order valence-corrected chi connectivity index (χ2v) is 4.53. The van der Waals surface area contributed by atoms with Gasteiger partial charge in [0, 0.05) is 0 Å². The lowest BCUT2D eigenvalue weighted by atomic mass is 10.0. The maximum absolute atomic E-state index is 9.48. The van der Waals surface area contributed by atoms with Crippen molar-refractivity contribution in [2.75, 3.05) is 0 Å². The number of nitrogens with zero attached hydrogens (tertiary/aromatic N) is 1. The molecule has 0 aliphatic rings. The van der Waals surface area contributed by atoms with Crippen LogP contribution in [0.4, 0.5) is 0 Å². The number of ether oxygens (including phenoxy) is 1. The van der Waals surface area contributed by atoms with E-state index in [2.05, 4.69) is 0 Å². The standard InChI is InChI=1S/C16H15NO2/c1-11(2)19-15-6-3-12(4-7-15)13-5-8-16(18)14(9-13)10-17/h3-9,11,18H,1-2H3. The van der Waals surface area contributed by atoms with Crippen molar-refractivity contribution in [1.29, 1.82) is 5.26 Å². The van der Waals surface area contributed by atoms with Crippen LogP contribution in [0, 0.1) is 11.3 Å². The summed E-state index contributed by atoms with van der Waals surface area (Å²) in [6.45, 7) is 3.96. The molecular weight excluding hydrogens is 238 g/mol. The largest absolute Gasteiger partial charge is 0.507 e. The number of hydrogen-bond donors (Lipinski definition) is 1. The Hall–Kier alpha value is -2.47. The molecule has 0 saturated heterocycles. The van der Waals surface area contributed by atoms with Gasteiger partial charge in [0.25, 0.3) is 0 Å².